The zero-order chi connectivity index (χ0) is 21.3. The van der Waals surface area contributed by atoms with Crippen molar-refractivity contribution in [1.82, 2.24) is 19.9 Å². The number of aliphatic hydroxyl groups is 1. The Morgan fingerprint density at radius 1 is 1.33 bits per heavy atom. The van der Waals surface area contributed by atoms with Crippen LogP contribution in [0.15, 0.2) is 30.6 Å². The average Bonchev–Trinajstić information content (AvgIpc) is 3.30. The molecule has 0 radical (unpaired) electrons. The molecule has 11 nitrogen and oxygen atoms in total. The Balaban J connectivity index is 1.53. The maximum Gasteiger partial charge on any atom is 0.333 e. The Hall–Kier alpha value is -2.80. The number of rotatable bonds is 7. The van der Waals surface area contributed by atoms with E-state index in [0.29, 0.717) is 41.4 Å². The molecule has 160 valence electrons. The lowest BCUT2D eigenvalue weighted by Gasteiger charge is -2.13. The van der Waals surface area contributed by atoms with Gasteiger partial charge in [-0.15, -0.1) is 0 Å². The molecule has 0 bridgehead atoms. The molecule has 5 N–H and O–H groups in total. The van der Waals surface area contributed by atoms with E-state index in [1.54, 1.807) is 7.11 Å². The zero-order valence-corrected chi connectivity index (χ0v) is 17.0. The molecular formula is C18H22N6O5S. The van der Waals surface area contributed by atoms with Gasteiger partial charge in [0.15, 0.2) is 11.5 Å². The summed E-state index contributed by atoms with van der Waals surface area (Å²) in [5.74, 6) is 1.53. The van der Waals surface area contributed by atoms with Crippen molar-refractivity contribution in [2.24, 2.45) is 11.1 Å². The topological polar surface area (TPSA) is 165 Å². The summed E-state index contributed by atoms with van der Waals surface area (Å²) in [4.78, 5) is 16.3. The fourth-order valence-corrected chi connectivity index (χ4v) is 3.98. The standard InChI is InChI=1S/C18H22N6O5S/c1-28-13-4-2-3-10(6-13)16-23-15-17(20-9-21-18(15)24-16)22-12-5-11(14(25)7-12)8-29-30(19,26)27/h2-4,6,9,11-12,14,25H,5,7-8H2,1H3,(H2,19,26,27)(H2,20,21,22,23,24)/t11-,12+,14-/m0/s1. The molecule has 0 unspecified atom stereocenters. The molecule has 1 aliphatic carbocycles. The highest BCUT2D eigenvalue weighted by atomic mass is 32.2. The van der Waals surface area contributed by atoms with Crippen molar-refractivity contribution in [2.45, 2.75) is 25.0 Å². The summed E-state index contributed by atoms with van der Waals surface area (Å²) in [7, 11) is -2.44. The lowest BCUT2D eigenvalue weighted by molar-refractivity contribution is 0.101. The quantitative estimate of drug-likeness (QED) is 0.421. The Morgan fingerprint density at radius 2 is 2.17 bits per heavy atom. The number of hydrogen-bond donors (Lipinski definition) is 4. The van der Waals surface area contributed by atoms with Gasteiger partial charge in [-0.3, -0.25) is 4.18 Å². The number of H-pyrrole nitrogens is 1. The second-order valence-electron chi connectivity index (χ2n) is 7.16. The minimum atomic E-state index is -4.04. The molecule has 1 aromatic carbocycles. The predicted octanol–water partition coefficient (Wildman–Crippen LogP) is 0.800. The van der Waals surface area contributed by atoms with E-state index in [2.05, 4.69) is 29.4 Å². The number of methoxy groups -OCH3 is 1. The van der Waals surface area contributed by atoms with Gasteiger partial charge in [0, 0.05) is 17.5 Å². The number of hydrogen-bond acceptors (Lipinski definition) is 9. The van der Waals surface area contributed by atoms with Gasteiger partial charge in [-0.05, 0) is 25.0 Å². The van der Waals surface area contributed by atoms with Crippen LogP contribution in [0.4, 0.5) is 5.82 Å². The fraction of sp³-hybridized carbons (Fsp3) is 0.389. The van der Waals surface area contributed by atoms with Crippen LogP contribution >= 0.6 is 0 Å². The van der Waals surface area contributed by atoms with Gasteiger partial charge in [0.1, 0.15) is 23.4 Å². The number of nitrogens with one attached hydrogen (secondary N) is 2. The summed E-state index contributed by atoms with van der Waals surface area (Å²) >= 11 is 0. The second-order valence-corrected chi connectivity index (χ2v) is 8.38. The Labute approximate surface area is 172 Å². The molecule has 12 heteroatoms. The molecule has 1 aliphatic rings. The Bertz CT molecular complexity index is 1150. The summed E-state index contributed by atoms with van der Waals surface area (Å²) < 4.78 is 31.9. The largest absolute Gasteiger partial charge is 0.497 e. The van der Waals surface area contributed by atoms with Gasteiger partial charge in [-0.2, -0.15) is 8.42 Å². The van der Waals surface area contributed by atoms with Crippen LogP contribution in [0, 0.1) is 5.92 Å². The Morgan fingerprint density at radius 3 is 2.93 bits per heavy atom. The first-order chi connectivity index (χ1) is 14.3. The van der Waals surface area contributed by atoms with Crippen molar-refractivity contribution in [1.29, 1.82) is 0 Å². The first-order valence-electron chi connectivity index (χ1n) is 9.29. The molecule has 0 aliphatic heterocycles. The van der Waals surface area contributed by atoms with Gasteiger partial charge in [0.05, 0.1) is 19.8 Å². The Kier molecular flexibility index (Phi) is 5.56. The van der Waals surface area contributed by atoms with Gasteiger partial charge in [0.25, 0.3) is 0 Å². The van der Waals surface area contributed by atoms with Crippen molar-refractivity contribution in [2.75, 3.05) is 19.0 Å². The highest BCUT2D eigenvalue weighted by molar-refractivity contribution is 7.84. The summed E-state index contributed by atoms with van der Waals surface area (Å²) in [5, 5.41) is 18.4. The summed E-state index contributed by atoms with van der Waals surface area (Å²) in [6.45, 7) is -0.165. The number of fused-ring (bicyclic) bond motifs is 1. The number of nitrogens with zero attached hydrogens (tertiary/aromatic N) is 3. The van der Waals surface area contributed by atoms with Crippen LogP contribution in [0.2, 0.25) is 0 Å². The number of aromatic amines is 1. The maximum atomic E-state index is 11.0. The SMILES string of the molecule is COc1cccc(-c2nc3ncnc(N[C@@H]4C[C@@H](COS(N)(=O)=O)[C@@H](O)C4)c3[nH]2)c1. The highest BCUT2D eigenvalue weighted by Gasteiger charge is 2.34. The second kappa shape index (κ2) is 8.14. The van der Waals surface area contributed by atoms with Crippen LogP contribution in [0.1, 0.15) is 12.8 Å². The van der Waals surface area contributed by atoms with E-state index in [1.807, 2.05) is 24.3 Å². The van der Waals surface area contributed by atoms with Crippen LogP contribution in [0.5, 0.6) is 5.75 Å². The molecule has 3 atom stereocenters. The number of anilines is 1. The molecule has 0 amide bonds. The summed E-state index contributed by atoms with van der Waals surface area (Å²) in [5.41, 5.74) is 1.97. The smallest absolute Gasteiger partial charge is 0.333 e. The molecule has 4 rings (SSSR count). The van der Waals surface area contributed by atoms with E-state index < -0.39 is 16.4 Å². The fourth-order valence-electron chi connectivity index (χ4n) is 3.62. The van der Waals surface area contributed by atoms with Crippen molar-refractivity contribution in [3.8, 4) is 17.1 Å². The third kappa shape index (κ3) is 4.51. The van der Waals surface area contributed by atoms with Gasteiger partial charge >= 0.3 is 10.3 Å². The number of aromatic nitrogens is 4. The molecule has 0 spiro atoms. The number of nitrogens with two attached hydrogens (primary N) is 1. The van der Waals surface area contributed by atoms with Crippen LogP contribution in [-0.2, 0) is 14.5 Å². The minimum Gasteiger partial charge on any atom is -0.497 e. The molecule has 2 aromatic heterocycles. The van der Waals surface area contributed by atoms with Crippen LogP contribution in [-0.4, -0.2) is 59.3 Å². The van der Waals surface area contributed by atoms with Crippen molar-refractivity contribution in [3.05, 3.63) is 30.6 Å². The van der Waals surface area contributed by atoms with E-state index in [0.717, 1.165) is 5.56 Å². The van der Waals surface area contributed by atoms with E-state index in [1.165, 1.54) is 6.33 Å². The lowest BCUT2D eigenvalue weighted by atomic mass is 10.1. The normalized spacial score (nSPS) is 21.8. The van der Waals surface area contributed by atoms with Crippen molar-refractivity contribution < 1.29 is 22.4 Å². The van der Waals surface area contributed by atoms with Crippen molar-refractivity contribution >= 4 is 27.3 Å². The summed E-state index contributed by atoms with van der Waals surface area (Å²) in [6, 6.07) is 7.36. The van der Waals surface area contributed by atoms with Crippen LogP contribution in [0.25, 0.3) is 22.6 Å². The van der Waals surface area contributed by atoms with Gasteiger partial charge in [0.2, 0.25) is 0 Å². The van der Waals surface area contributed by atoms with Gasteiger partial charge in [-0.25, -0.2) is 20.1 Å². The van der Waals surface area contributed by atoms with E-state index in [-0.39, 0.29) is 18.6 Å². The third-order valence-electron chi connectivity index (χ3n) is 5.08. The van der Waals surface area contributed by atoms with Gasteiger partial charge < -0.3 is 20.1 Å². The first-order valence-corrected chi connectivity index (χ1v) is 10.8. The molecule has 2 heterocycles. The van der Waals surface area contributed by atoms with Gasteiger partial charge in [-0.1, -0.05) is 12.1 Å². The summed E-state index contributed by atoms with van der Waals surface area (Å²) in [6.07, 6.45) is 1.61. The maximum absolute atomic E-state index is 11.0. The molecular weight excluding hydrogens is 412 g/mol. The van der Waals surface area contributed by atoms with E-state index >= 15 is 0 Å². The van der Waals surface area contributed by atoms with E-state index in [4.69, 9.17) is 9.88 Å². The number of benzene rings is 1. The van der Waals surface area contributed by atoms with E-state index in [9.17, 15) is 13.5 Å². The molecule has 3 aromatic rings. The predicted molar refractivity (Wildman–Crippen MR) is 109 cm³/mol. The first kappa shape index (κ1) is 20.5. The lowest BCUT2D eigenvalue weighted by Crippen LogP contribution is -2.24. The minimum absolute atomic E-state index is 0.129. The number of ether oxygens (including phenoxy) is 1. The average molecular weight is 434 g/mol. The number of aliphatic hydroxyl groups excluding tert-OH is 1. The molecule has 30 heavy (non-hydrogen) atoms. The van der Waals surface area contributed by atoms with Crippen molar-refractivity contribution in [3.63, 3.8) is 0 Å². The number of imidazole rings is 1. The third-order valence-corrected chi connectivity index (χ3v) is 5.54. The highest BCUT2D eigenvalue weighted by Crippen LogP contribution is 2.31. The molecule has 1 saturated carbocycles. The molecule has 1 fully saturated rings. The molecule has 0 saturated heterocycles. The monoisotopic (exact) mass is 434 g/mol. The van der Waals surface area contributed by atoms with Crippen LogP contribution in [0.3, 0.4) is 0 Å². The van der Waals surface area contributed by atoms with Crippen LogP contribution < -0.4 is 15.2 Å². The zero-order valence-electron chi connectivity index (χ0n) is 16.1.